The second-order valence-corrected chi connectivity index (χ2v) is 4.05. The van der Waals surface area contributed by atoms with Crippen LogP contribution in [0.4, 0.5) is 0 Å². The standard InChI is InChI=1S/C11H21NO2/c1-4-12-11(13)10(14-5-2)7-9-6-8(9)3/h8-10H,4-7H2,1-3H3,(H,12,13). The van der Waals surface area contributed by atoms with Crippen LogP contribution < -0.4 is 5.32 Å². The summed E-state index contributed by atoms with van der Waals surface area (Å²) in [4.78, 5) is 11.6. The molecule has 1 saturated carbocycles. The molecule has 1 N–H and O–H groups in total. The average molecular weight is 199 g/mol. The van der Waals surface area contributed by atoms with Crippen molar-refractivity contribution in [2.75, 3.05) is 13.2 Å². The molecule has 0 saturated heterocycles. The lowest BCUT2D eigenvalue weighted by atomic mass is 10.1. The summed E-state index contributed by atoms with van der Waals surface area (Å²) in [6.07, 6.45) is 1.92. The monoisotopic (exact) mass is 199 g/mol. The van der Waals surface area contributed by atoms with Gasteiger partial charge >= 0.3 is 0 Å². The first-order chi connectivity index (χ1) is 6.69. The van der Waals surface area contributed by atoms with Crippen molar-refractivity contribution in [3.8, 4) is 0 Å². The van der Waals surface area contributed by atoms with Gasteiger partial charge in [0.25, 0.3) is 0 Å². The molecular formula is C11H21NO2. The molecule has 0 aromatic heterocycles. The number of nitrogens with one attached hydrogen (secondary N) is 1. The van der Waals surface area contributed by atoms with Crippen LogP contribution in [0.1, 0.15) is 33.6 Å². The summed E-state index contributed by atoms with van der Waals surface area (Å²) in [5.74, 6) is 1.54. The third kappa shape index (κ3) is 3.29. The quantitative estimate of drug-likeness (QED) is 0.705. The van der Waals surface area contributed by atoms with Crippen LogP contribution in [-0.4, -0.2) is 25.2 Å². The summed E-state index contributed by atoms with van der Waals surface area (Å²) < 4.78 is 5.44. The fraction of sp³-hybridized carbons (Fsp3) is 0.909. The van der Waals surface area contributed by atoms with E-state index in [1.54, 1.807) is 0 Å². The molecule has 0 aromatic rings. The topological polar surface area (TPSA) is 38.3 Å². The second kappa shape index (κ2) is 5.35. The van der Waals surface area contributed by atoms with E-state index in [9.17, 15) is 4.79 Å². The number of rotatable bonds is 6. The van der Waals surface area contributed by atoms with E-state index in [0.717, 1.165) is 12.3 Å². The Balaban J connectivity index is 2.33. The number of likely N-dealkylation sites (N-methyl/N-ethyl adjacent to an activating group) is 1. The van der Waals surface area contributed by atoms with Gasteiger partial charge in [-0.2, -0.15) is 0 Å². The predicted molar refractivity (Wildman–Crippen MR) is 56.0 cm³/mol. The Kier molecular flexibility index (Phi) is 4.39. The molecule has 0 spiro atoms. The molecule has 3 atom stereocenters. The van der Waals surface area contributed by atoms with Gasteiger partial charge in [0.1, 0.15) is 6.10 Å². The van der Waals surface area contributed by atoms with Gasteiger partial charge in [-0.25, -0.2) is 0 Å². The van der Waals surface area contributed by atoms with Gasteiger partial charge in [-0.3, -0.25) is 4.79 Å². The minimum absolute atomic E-state index is 0.0495. The SMILES string of the molecule is CCNC(=O)C(CC1CC1C)OCC. The molecule has 1 rings (SSSR count). The zero-order valence-electron chi connectivity index (χ0n) is 9.38. The fourth-order valence-electron chi connectivity index (χ4n) is 1.74. The lowest BCUT2D eigenvalue weighted by molar-refractivity contribution is -0.133. The molecule has 1 amide bonds. The summed E-state index contributed by atoms with van der Waals surface area (Å²) in [6.45, 7) is 7.39. The van der Waals surface area contributed by atoms with Gasteiger partial charge < -0.3 is 10.1 Å². The van der Waals surface area contributed by atoms with Crippen LogP contribution in [0, 0.1) is 11.8 Å². The van der Waals surface area contributed by atoms with Crippen molar-refractivity contribution < 1.29 is 9.53 Å². The van der Waals surface area contributed by atoms with Crippen molar-refractivity contribution in [1.29, 1.82) is 0 Å². The van der Waals surface area contributed by atoms with Crippen LogP contribution in [0.3, 0.4) is 0 Å². The van der Waals surface area contributed by atoms with Crippen LogP contribution in [0.5, 0.6) is 0 Å². The normalized spacial score (nSPS) is 27.1. The van der Waals surface area contributed by atoms with Gasteiger partial charge in [0, 0.05) is 13.2 Å². The molecular weight excluding hydrogens is 178 g/mol. The highest BCUT2D eigenvalue weighted by atomic mass is 16.5. The van der Waals surface area contributed by atoms with Crippen molar-refractivity contribution in [3.63, 3.8) is 0 Å². The average Bonchev–Trinajstić information content (AvgIpc) is 2.81. The van der Waals surface area contributed by atoms with Crippen molar-refractivity contribution in [3.05, 3.63) is 0 Å². The Morgan fingerprint density at radius 3 is 2.64 bits per heavy atom. The maximum atomic E-state index is 11.6. The first-order valence-corrected chi connectivity index (χ1v) is 5.58. The van der Waals surface area contributed by atoms with Gasteiger partial charge in [-0.1, -0.05) is 6.92 Å². The van der Waals surface area contributed by atoms with Crippen molar-refractivity contribution in [2.24, 2.45) is 11.8 Å². The molecule has 1 fully saturated rings. The van der Waals surface area contributed by atoms with E-state index >= 15 is 0 Å². The van der Waals surface area contributed by atoms with E-state index in [1.165, 1.54) is 6.42 Å². The Bertz CT molecular complexity index is 194. The number of hydrogen-bond acceptors (Lipinski definition) is 2. The maximum absolute atomic E-state index is 11.6. The van der Waals surface area contributed by atoms with E-state index in [2.05, 4.69) is 12.2 Å². The van der Waals surface area contributed by atoms with E-state index in [-0.39, 0.29) is 12.0 Å². The Morgan fingerprint density at radius 1 is 1.57 bits per heavy atom. The van der Waals surface area contributed by atoms with Gasteiger partial charge in [-0.05, 0) is 38.5 Å². The van der Waals surface area contributed by atoms with Crippen LogP contribution in [-0.2, 0) is 9.53 Å². The summed E-state index contributed by atoms with van der Waals surface area (Å²) in [6, 6.07) is 0. The first kappa shape index (κ1) is 11.5. The number of carbonyl (C=O) groups is 1. The van der Waals surface area contributed by atoms with Crippen LogP contribution in [0.15, 0.2) is 0 Å². The van der Waals surface area contributed by atoms with Crippen LogP contribution in [0.2, 0.25) is 0 Å². The third-order valence-electron chi connectivity index (χ3n) is 2.80. The highest BCUT2D eigenvalue weighted by Gasteiger charge is 2.36. The summed E-state index contributed by atoms with van der Waals surface area (Å²) in [5, 5.41) is 2.81. The van der Waals surface area contributed by atoms with Crippen LogP contribution in [0.25, 0.3) is 0 Å². The molecule has 0 aliphatic heterocycles. The van der Waals surface area contributed by atoms with E-state index in [4.69, 9.17) is 4.74 Å². The van der Waals surface area contributed by atoms with Crippen LogP contribution >= 0.6 is 0 Å². The number of carbonyl (C=O) groups excluding carboxylic acids is 1. The largest absolute Gasteiger partial charge is 0.369 e. The molecule has 3 unspecified atom stereocenters. The third-order valence-corrected chi connectivity index (χ3v) is 2.80. The summed E-state index contributed by atoms with van der Waals surface area (Å²) >= 11 is 0. The Morgan fingerprint density at radius 2 is 2.21 bits per heavy atom. The highest BCUT2D eigenvalue weighted by molar-refractivity contribution is 5.80. The smallest absolute Gasteiger partial charge is 0.249 e. The maximum Gasteiger partial charge on any atom is 0.249 e. The van der Waals surface area contributed by atoms with E-state index in [0.29, 0.717) is 19.1 Å². The predicted octanol–water partition coefficient (Wildman–Crippen LogP) is 1.57. The lowest BCUT2D eigenvalue weighted by Gasteiger charge is -2.15. The molecule has 0 bridgehead atoms. The van der Waals surface area contributed by atoms with Gasteiger partial charge in [0.15, 0.2) is 0 Å². The number of amides is 1. The minimum Gasteiger partial charge on any atom is -0.369 e. The minimum atomic E-state index is -0.227. The molecule has 3 nitrogen and oxygen atoms in total. The highest BCUT2D eigenvalue weighted by Crippen LogP contribution is 2.41. The Hall–Kier alpha value is -0.570. The van der Waals surface area contributed by atoms with Crippen molar-refractivity contribution >= 4 is 5.91 Å². The lowest BCUT2D eigenvalue weighted by Crippen LogP contribution is -2.36. The molecule has 3 heteroatoms. The summed E-state index contributed by atoms with van der Waals surface area (Å²) in [5.41, 5.74) is 0. The number of ether oxygens (including phenoxy) is 1. The number of hydrogen-bond donors (Lipinski definition) is 1. The van der Waals surface area contributed by atoms with Gasteiger partial charge in [0.05, 0.1) is 0 Å². The Labute approximate surface area is 86.2 Å². The first-order valence-electron chi connectivity index (χ1n) is 5.58. The van der Waals surface area contributed by atoms with E-state index in [1.807, 2.05) is 13.8 Å². The molecule has 0 aromatic carbocycles. The molecule has 0 radical (unpaired) electrons. The van der Waals surface area contributed by atoms with Crippen molar-refractivity contribution in [1.82, 2.24) is 5.32 Å². The summed E-state index contributed by atoms with van der Waals surface area (Å²) in [7, 11) is 0. The molecule has 1 aliphatic carbocycles. The van der Waals surface area contributed by atoms with Gasteiger partial charge in [0.2, 0.25) is 5.91 Å². The zero-order chi connectivity index (χ0) is 10.6. The molecule has 1 aliphatic rings. The van der Waals surface area contributed by atoms with Crippen molar-refractivity contribution in [2.45, 2.75) is 39.7 Å². The second-order valence-electron chi connectivity index (χ2n) is 4.05. The van der Waals surface area contributed by atoms with E-state index < -0.39 is 0 Å². The van der Waals surface area contributed by atoms with Gasteiger partial charge in [-0.15, -0.1) is 0 Å². The molecule has 82 valence electrons. The fourth-order valence-corrected chi connectivity index (χ4v) is 1.74. The zero-order valence-corrected chi connectivity index (χ0v) is 9.38. The molecule has 0 heterocycles. The molecule has 14 heavy (non-hydrogen) atoms.